The molecule has 0 heterocycles. The minimum atomic E-state index is -3.00. The predicted molar refractivity (Wildman–Crippen MR) is 71.4 cm³/mol. The van der Waals surface area contributed by atoms with E-state index in [1.807, 2.05) is 0 Å². The summed E-state index contributed by atoms with van der Waals surface area (Å²) in [4.78, 5) is 11.5. The van der Waals surface area contributed by atoms with Crippen LogP contribution in [0.4, 0.5) is 19.3 Å². The molecule has 3 N–H and O–H groups in total. The summed E-state index contributed by atoms with van der Waals surface area (Å²) in [6.07, 6.45) is -0.106. The van der Waals surface area contributed by atoms with Crippen molar-refractivity contribution >= 4 is 23.3 Å². The van der Waals surface area contributed by atoms with Gasteiger partial charge >= 0.3 is 12.6 Å². The van der Waals surface area contributed by atoms with Crippen LogP contribution in [0.25, 0.3) is 0 Å². The number of hydrogen-bond acceptors (Lipinski definition) is 3. The third kappa shape index (κ3) is 6.03. The van der Waals surface area contributed by atoms with E-state index in [0.717, 1.165) is 0 Å². The maximum absolute atomic E-state index is 12.1. The smallest absolute Gasteiger partial charge is 0.387 e. The Bertz CT molecular complexity index is 458. The lowest BCUT2D eigenvalue weighted by Gasteiger charge is -2.11. The molecule has 20 heavy (non-hydrogen) atoms. The van der Waals surface area contributed by atoms with Gasteiger partial charge in [-0.15, -0.1) is 0 Å². The molecule has 0 radical (unpaired) electrons. The minimum absolute atomic E-state index is 0.0189. The zero-order valence-electron chi connectivity index (χ0n) is 10.7. The molecule has 1 rings (SSSR count). The normalized spacial score (nSPS) is 12.1. The summed E-state index contributed by atoms with van der Waals surface area (Å²) in [6, 6.07) is 3.47. The van der Waals surface area contributed by atoms with Crippen molar-refractivity contribution in [1.82, 2.24) is 5.32 Å². The van der Waals surface area contributed by atoms with Gasteiger partial charge in [-0.3, -0.25) is 0 Å². The number of carbonyl (C=O) groups excluding carboxylic acids is 1. The standard InChI is InChI=1S/C12H15ClF2N2O3/c1-7(18)4-5-16-12(19)17-8-2-3-9(13)10(6-8)20-11(14)15/h2-3,6-7,11,18H,4-5H2,1H3,(H2,16,17,19)/t7-/m0/s1. The van der Waals surface area contributed by atoms with Gasteiger partial charge < -0.3 is 20.5 Å². The first-order valence-electron chi connectivity index (χ1n) is 5.85. The summed E-state index contributed by atoms with van der Waals surface area (Å²) in [7, 11) is 0. The number of halogens is 3. The van der Waals surface area contributed by atoms with Crippen LogP contribution in [0.15, 0.2) is 18.2 Å². The van der Waals surface area contributed by atoms with Gasteiger partial charge in [0.2, 0.25) is 0 Å². The van der Waals surface area contributed by atoms with Crippen molar-refractivity contribution in [2.24, 2.45) is 0 Å². The summed E-state index contributed by atoms with van der Waals surface area (Å²) in [5.41, 5.74) is 0.264. The van der Waals surface area contributed by atoms with Gasteiger partial charge in [-0.05, 0) is 25.5 Å². The predicted octanol–water partition coefficient (Wildman–Crippen LogP) is 2.83. The molecule has 0 saturated heterocycles. The van der Waals surface area contributed by atoms with Crippen LogP contribution in [0.1, 0.15) is 13.3 Å². The lowest BCUT2D eigenvalue weighted by molar-refractivity contribution is -0.0497. The van der Waals surface area contributed by atoms with E-state index in [2.05, 4.69) is 15.4 Å². The van der Waals surface area contributed by atoms with E-state index in [4.69, 9.17) is 16.7 Å². The summed E-state index contributed by atoms with van der Waals surface area (Å²) < 4.78 is 28.5. The van der Waals surface area contributed by atoms with Crippen molar-refractivity contribution in [1.29, 1.82) is 0 Å². The fourth-order valence-corrected chi connectivity index (χ4v) is 1.50. The van der Waals surface area contributed by atoms with E-state index in [1.54, 1.807) is 6.92 Å². The van der Waals surface area contributed by atoms with Gasteiger partial charge in [-0.2, -0.15) is 8.78 Å². The molecule has 0 saturated carbocycles. The highest BCUT2D eigenvalue weighted by Gasteiger charge is 2.10. The largest absolute Gasteiger partial charge is 0.433 e. The van der Waals surface area contributed by atoms with E-state index in [9.17, 15) is 13.6 Å². The number of aliphatic hydroxyl groups is 1. The Morgan fingerprint density at radius 2 is 2.20 bits per heavy atom. The molecule has 0 unspecified atom stereocenters. The number of nitrogens with one attached hydrogen (secondary N) is 2. The number of rotatable bonds is 6. The average Bonchev–Trinajstić information content (AvgIpc) is 2.32. The Labute approximate surface area is 119 Å². The molecule has 112 valence electrons. The van der Waals surface area contributed by atoms with Crippen LogP contribution in [0.2, 0.25) is 5.02 Å². The maximum atomic E-state index is 12.1. The van der Waals surface area contributed by atoms with Gasteiger partial charge in [0, 0.05) is 18.3 Å². The number of carbonyl (C=O) groups is 1. The number of anilines is 1. The lowest BCUT2D eigenvalue weighted by atomic mass is 10.3. The molecule has 5 nitrogen and oxygen atoms in total. The first-order valence-corrected chi connectivity index (χ1v) is 6.23. The summed E-state index contributed by atoms with van der Waals surface area (Å²) in [5.74, 6) is -0.219. The number of amides is 2. The number of aliphatic hydroxyl groups excluding tert-OH is 1. The Balaban J connectivity index is 2.57. The van der Waals surface area contributed by atoms with Gasteiger partial charge in [-0.1, -0.05) is 11.6 Å². The summed E-state index contributed by atoms with van der Waals surface area (Å²) in [5, 5.41) is 14.0. The van der Waals surface area contributed by atoms with Crippen LogP contribution in [0.3, 0.4) is 0 Å². The molecular formula is C12H15ClF2N2O3. The summed E-state index contributed by atoms with van der Waals surface area (Å²) in [6.45, 7) is -1.10. The second-order valence-electron chi connectivity index (χ2n) is 4.04. The molecule has 0 aliphatic heterocycles. The van der Waals surface area contributed by atoms with Crippen molar-refractivity contribution in [3.63, 3.8) is 0 Å². The van der Waals surface area contributed by atoms with Gasteiger partial charge in [-0.25, -0.2) is 4.79 Å². The third-order valence-electron chi connectivity index (χ3n) is 2.25. The van der Waals surface area contributed by atoms with Crippen LogP contribution in [-0.2, 0) is 0 Å². The lowest BCUT2D eigenvalue weighted by Crippen LogP contribution is -2.30. The highest BCUT2D eigenvalue weighted by molar-refractivity contribution is 6.32. The minimum Gasteiger partial charge on any atom is -0.433 e. The second-order valence-corrected chi connectivity index (χ2v) is 4.45. The molecule has 0 aliphatic rings. The zero-order chi connectivity index (χ0) is 15.1. The molecule has 8 heteroatoms. The SMILES string of the molecule is C[C@H](O)CCNC(=O)Nc1ccc(Cl)c(OC(F)F)c1. The Kier molecular flexibility index (Phi) is 6.47. The first kappa shape index (κ1) is 16.5. The summed E-state index contributed by atoms with van der Waals surface area (Å²) >= 11 is 5.68. The van der Waals surface area contributed by atoms with Gasteiger partial charge in [0.1, 0.15) is 5.75 Å². The zero-order valence-corrected chi connectivity index (χ0v) is 11.5. The van der Waals surface area contributed by atoms with E-state index in [1.165, 1.54) is 18.2 Å². The second kappa shape index (κ2) is 7.86. The fraction of sp³-hybridized carbons (Fsp3) is 0.417. The van der Waals surface area contributed by atoms with Crippen molar-refractivity contribution in [3.05, 3.63) is 23.2 Å². The van der Waals surface area contributed by atoms with Crippen LogP contribution in [0, 0.1) is 0 Å². The monoisotopic (exact) mass is 308 g/mol. The Morgan fingerprint density at radius 1 is 1.50 bits per heavy atom. The number of hydrogen-bond donors (Lipinski definition) is 3. The molecule has 1 aromatic carbocycles. The third-order valence-corrected chi connectivity index (χ3v) is 2.57. The first-order chi connectivity index (χ1) is 9.38. The van der Waals surface area contributed by atoms with Crippen LogP contribution in [0.5, 0.6) is 5.75 Å². The average molecular weight is 309 g/mol. The molecule has 0 aliphatic carbocycles. The van der Waals surface area contributed by atoms with Crippen molar-refractivity contribution in [2.75, 3.05) is 11.9 Å². The number of ether oxygens (including phenoxy) is 1. The van der Waals surface area contributed by atoms with Crippen molar-refractivity contribution in [2.45, 2.75) is 26.1 Å². The van der Waals surface area contributed by atoms with E-state index < -0.39 is 18.7 Å². The molecule has 2 amide bonds. The maximum Gasteiger partial charge on any atom is 0.387 e. The molecule has 0 bridgehead atoms. The van der Waals surface area contributed by atoms with E-state index in [0.29, 0.717) is 6.42 Å². The quantitative estimate of drug-likeness (QED) is 0.757. The topological polar surface area (TPSA) is 70.6 Å². The van der Waals surface area contributed by atoms with E-state index >= 15 is 0 Å². The Morgan fingerprint density at radius 3 is 2.80 bits per heavy atom. The molecule has 0 fully saturated rings. The van der Waals surface area contributed by atoms with Crippen LogP contribution in [-0.4, -0.2) is 30.4 Å². The molecule has 0 aromatic heterocycles. The van der Waals surface area contributed by atoms with Crippen molar-refractivity contribution < 1.29 is 23.4 Å². The molecule has 0 spiro atoms. The van der Waals surface area contributed by atoms with E-state index in [-0.39, 0.29) is 23.0 Å². The van der Waals surface area contributed by atoms with Crippen LogP contribution >= 0.6 is 11.6 Å². The highest BCUT2D eigenvalue weighted by atomic mass is 35.5. The molecule has 1 atom stereocenters. The fourth-order valence-electron chi connectivity index (χ4n) is 1.34. The van der Waals surface area contributed by atoms with Gasteiger partial charge in [0.15, 0.2) is 0 Å². The number of urea groups is 1. The highest BCUT2D eigenvalue weighted by Crippen LogP contribution is 2.29. The van der Waals surface area contributed by atoms with Gasteiger partial charge in [0.05, 0.1) is 11.1 Å². The van der Waals surface area contributed by atoms with Gasteiger partial charge in [0.25, 0.3) is 0 Å². The molecular weight excluding hydrogens is 294 g/mol. The number of alkyl halides is 2. The van der Waals surface area contributed by atoms with Crippen molar-refractivity contribution in [3.8, 4) is 5.75 Å². The molecule has 1 aromatic rings. The Hall–Kier alpha value is -1.60. The number of benzene rings is 1. The van der Waals surface area contributed by atoms with Crippen LogP contribution < -0.4 is 15.4 Å².